The van der Waals surface area contributed by atoms with Crippen LogP contribution in [0.1, 0.15) is 33.1 Å². The van der Waals surface area contributed by atoms with Gasteiger partial charge in [-0.25, -0.2) is 0 Å². The molecular weight excluding hydrogens is 202 g/mol. The molecule has 0 radical (unpaired) electrons. The van der Waals surface area contributed by atoms with Gasteiger partial charge in [-0.15, -0.1) is 0 Å². The third-order valence-corrected chi connectivity index (χ3v) is 3.69. The fourth-order valence-corrected chi connectivity index (χ4v) is 2.98. The molecule has 1 unspecified atom stereocenters. The largest absolute Gasteiger partial charge is 0.379 e. The average Bonchev–Trinajstić information content (AvgIpc) is 2.28. The van der Waals surface area contributed by atoms with Crippen LogP contribution in [0.5, 0.6) is 0 Å². The van der Waals surface area contributed by atoms with Crippen molar-refractivity contribution in [3.8, 4) is 0 Å². The van der Waals surface area contributed by atoms with Crippen LogP contribution in [0.2, 0.25) is 0 Å². The van der Waals surface area contributed by atoms with Crippen LogP contribution in [-0.4, -0.2) is 43.0 Å². The third kappa shape index (κ3) is 2.74. The first kappa shape index (κ1) is 11.9. The van der Waals surface area contributed by atoms with Crippen LogP contribution in [0.15, 0.2) is 5.10 Å². The highest BCUT2D eigenvalue weighted by Gasteiger charge is 2.35. The molecule has 92 valence electrons. The Kier molecular flexibility index (Phi) is 3.50. The fourth-order valence-electron chi connectivity index (χ4n) is 2.98. The second-order valence-electron chi connectivity index (χ2n) is 5.75. The molecule has 0 aromatic rings. The molecule has 1 saturated carbocycles. The summed E-state index contributed by atoms with van der Waals surface area (Å²) in [5, 5.41) is 3.95. The predicted molar refractivity (Wildman–Crippen MR) is 65.4 cm³/mol. The lowest BCUT2D eigenvalue weighted by molar-refractivity contribution is 0.00561. The van der Waals surface area contributed by atoms with E-state index in [2.05, 4.69) is 23.8 Å². The molecule has 1 atom stereocenters. The maximum atomic E-state index is 5.46. The van der Waals surface area contributed by atoms with E-state index in [1.165, 1.54) is 12.1 Å². The van der Waals surface area contributed by atoms with E-state index in [1.807, 2.05) is 0 Å². The summed E-state index contributed by atoms with van der Waals surface area (Å²) in [7, 11) is 0. The van der Waals surface area contributed by atoms with E-state index >= 15 is 0 Å². The van der Waals surface area contributed by atoms with E-state index in [0.29, 0.717) is 11.5 Å². The van der Waals surface area contributed by atoms with Gasteiger partial charge in [0.1, 0.15) is 0 Å². The molecule has 4 nitrogen and oxygen atoms in total. The van der Waals surface area contributed by atoms with Gasteiger partial charge < -0.3 is 10.6 Å². The molecule has 4 heteroatoms. The van der Waals surface area contributed by atoms with Crippen LogP contribution >= 0.6 is 0 Å². The van der Waals surface area contributed by atoms with E-state index < -0.39 is 0 Å². The van der Waals surface area contributed by atoms with Crippen LogP contribution < -0.4 is 5.84 Å². The summed E-state index contributed by atoms with van der Waals surface area (Å²) in [6.07, 6.45) is 3.33. The average molecular weight is 225 g/mol. The molecule has 0 amide bonds. The van der Waals surface area contributed by atoms with E-state index in [9.17, 15) is 0 Å². The quantitative estimate of drug-likeness (QED) is 0.539. The lowest BCUT2D eigenvalue weighted by Gasteiger charge is -2.42. The topological polar surface area (TPSA) is 50.8 Å². The Hall–Kier alpha value is -0.610. The van der Waals surface area contributed by atoms with Gasteiger partial charge in [0.05, 0.1) is 13.2 Å². The number of nitrogens with two attached hydrogens (primary N) is 1. The van der Waals surface area contributed by atoms with Crippen molar-refractivity contribution < 1.29 is 4.74 Å². The number of hydrogen-bond acceptors (Lipinski definition) is 4. The van der Waals surface area contributed by atoms with Crippen molar-refractivity contribution in [3.05, 3.63) is 0 Å². The number of ether oxygens (including phenoxy) is 1. The highest BCUT2D eigenvalue weighted by Crippen LogP contribution is 2.36. The second kappa shape index (κ2) is 4.72. The molecule has 0 aromatic heterocycles. The molecule has 1 heterocycles. The van der Waals surface area contributed by atoms with Gasteiger partial charge in [-0.3, -0.25) is 4.90 Å². The van der Waals surface area contributed by atoms with E-state index in [4.69, 9.17) is 10.6 Å². The SMILES string of the molecule is CC1(C)CC(=NN)CC(N2CCOCC2)C1. The van der Waals surface area contributed by atoms with Crippen molar-refractivity contribution in [2.75, 3.05) is 26.3 Å². The van der Waals surface area contributed by atoms with E-state index in [0.717, 1.165) is 39.1 Å². The fraction of sp³-hybridized carbons (Fsp3) is 0.917. The Morgan fingerprint density at radius 3 is 2.69 bits per heavy atom. The first-order chi connectivity index (χ1) is 7.61. The highest BCUT2D eigenvalue weighted by atomic mass is 16.5. The zero-order chi connectivity index (χ0) is 11.6. The Morgan fingerprint density at radius 2 is 2.06 bits per heavy atom. The van der Waals surface area contributed by atoms with Crippen molar-refractivity contribution >= 4 is 5.71 Å². The molecule has 0 bridgehead atoms. The molecule has 0 spiro atoms. The molecule has 2 aliphatic rings. The van der Waals surface area contributed by atoms with Crippen LogP contribution in [-0.2, 0) is 4.74 Å². The number of morpholine rings is 1. The Bertz CT molecular complexity index is 269. The maximum Gasteiger partial charge on any atom is 0.0594 e. The summed E-state index contributed by atoms with van der Waals surface area (Å²) >= 11 is 0. The van der Waals surface area contributed by atoms with Gasteiger partial charge in [0.25, 0.3) is 0 Å². The predicted octanol–water partition coefficient (Wildman–Crippen LogP) is 1.21. The van der Waals surface area contributed by atoms with E-state index in [-0.39, 0.29) is 0 Å². The number of hydrogen-bond donors (Lipinski definition) is 1. The lowest BCUT2D eigenvalue weighted by Crippen LogP contribution is -2.48. The lowest BCUT2D eigenvalue weighted by atomic mass is 9.73. The van der Waals surface area contributed by atoms with Crippen molar-refractivity contribution in [1.29, 1.82) is 0 Å². The Labute approximate surface area is 97.8 Å². The van der Waals surface area contributed by atoms with Gasteiger partial charge in [0.15, 0.2) is 0 Å². The minimum absolute atomic E-state index is 0.333. The van der Waals surface area contributed by atoms with Crippen LogP contribution in [0.3, 0.4) is 0 Å². The van der Waals surface area contributed by atoms with Gasteiger partial charge in [0.2, 0.25) is 0 Å². The molecule has 1 aliphatic carbocycles. The normalized spacial score (nSPS) is 34.1. The van der Waals surface area contributed by atoms with Gasteiger partial charge in [-0.2, -0.15) is 5.10 Å². The molecule has 0 aromatic carbocycles. The maximum absolute atomic E-state index is 5.46. The Balaban J connectivity index is 2.03. The zero-order valence-corrected chi connectivity index (χ0v) is 10.4. The minimum atomic E-state index is 0.333. The third-order valence-electron chi connectivity index (χ3n) is 3.69. The monoisotopic (exact) mass is 225 g/mol. The summed E-state index contributed by atoms with van der Waals surface area (Å²) in [6.45, 7) is 8.46. The van der Waals surface area contributed by atoms with Crippen molar-refractivity contribution in [2.24, 2.45) is 16.4 Å². The number of rotatable bonds is 1. The summed E-state index contributed by atoms with van der Waals surface area (Å²) in [6, 6.07) is 0.606. The van der Waals surface area contributed by atoms with E-state index in [1.54, 1.807) is 0 Å². The summed E-state index contributed by atoms with van der Waals surface area (Å²) in [4.78, 5) is 2.54. The summed E-state index contributed by atoms with van der Waals surface area (Å²) in [5.41, 5.74) is 1.51. The van der Waals surface area contributed by atoms with Gasteiger partial charge in [0, 0.05) is 31.3 Å². The first-order valence-electron chi connectivity index (χ1n) is 6.18. The van der Waals surface area contributed by atoms with Gasteiger partial charge in [-0.05, 0) is 18.3 Å². The molecule has 16 heavy (non-hydrogen) atoms. The van der Waals surface area contributed by atoms with Gasteiger partial charge in [-0.1, -0.05) is 13.8 Å². The highest BCUT2D eigenvalue weighted by molar-refractivity contribution is 5.86. The molecule has 2 fully saturated rings. The number of nitrogens with zero attached hydrogens (tertiary/aromatic N) is 2. The van der Waals surface area contributed by atoms with Crippen LogP contribution in [0.25, 0.3) is 0 Å². The first-order valence-corrected chi connectivity index (χ1v) is 6.18. The van der Waals surface area contributed by atoms with Crippen molar-refractivity contribution in [3.63, 3.8) is 0 Å². The minimum Gasteiger partial charge on any atom is -0.379 e. The zero-order valence-electron chi connectivity index (χ0n) is 10.4. The van der Waals surface area contributed by atoms with Crippen LogP contribution in [0.4, 0.5) is 0 Å². The molecule has 1 saturated heterocycles. The number of hydrazone groups is 1. The molecule has 1 aliphatic heterocycles. The van der Waals surface area contributed by atoms with Gasteiger partial charge >= 0.3 is 0 Å². The van der Waals surface area contributed by atoms with Crippen molar-refractivity contribution in [1.82, 2.24) is 4.90 Å². The smallest absolute Gasteiger partial charge is 0.0594 e. The summed E-state index contributed by atoms with van der Waals surface area (Å²) in [5.74, 6) is 5.46. The van der Waals surface area contributed by atoms with Crippen LogP contribution in [0, 0.1) is 5.41 Å². The van der Waals surface area contributed by atoms with Crippen molar-refractivity contribution in [2.45, 2.75) is 39.2 Å². The Morgan fingerprint density at radius 1 is 1.38 bits per heavy atom. The molecule has 2 rings (SSSR count). The molecule has 2 N–H and O–H groups in total. The second-order valence-corrected chi connectivity index (χ2v) is 5.75. The molecular formula is C12H23N3O. The standard InChI is InChI=1S/C12H23N3O/c1-12(2)8-10(14-13)7-11(9-12)15-3-5-16-6-4-15/h11H,3-9,13H2,1-2H3. The summed E-state index contributed by atoms with van der Waals surface area (Å²) < 4.78 is 5.40.